The van der Waals surface area contributed by atoms with Crippen LogP contribution in [0.2, 0.25) is 0 Å². The molecule has 0 unspecified atom stereocenters. The Hall–Kier alpha value is -3.68. The first-order chi connectivity index (χ1) is 14.0. The molecular weight excluding hydrogens is 375 g/mol. The number of carbonyl (C=O) groups excluding carboxylic acids is 3. The zero-order valence-corrected chi connectivity index (χ0v) is 15.7. The van der Waals surface area contributed by atoms with Gasteiger partial charge in [0.25, 0.3) is 5.91 Å². The summed E-state index contributed by atoms with van der Waals surface area (Å²) >= 11 is 0. The molecule has 150 valence electrons. The minimum absolute atomic E-state index is 0.0227. The third kappa shape index (κ3) is 5.90. The van der Waals surface area contributed by atoms with Crippen molar-refractivity contribution < 1.29 is 18.8 Å². The van der Waals surface area contributed by atoms with Crippen molar-refractivity contribution in [3.05, 3.63) is 72.2 Å². The van der Waals surface area contributed by atoms with Crippen LogP contribution in [-0.4, -0.2) is 22.3 Å². The summed E-state index contributed by atoms with van der Waals surface area (Å²) in [6.45, 7) is 0.314. The van der Waals surface area contributed by atoms with Gasteiger partial charge in [0.05, 0.1) is 0 Å². The van der Waals surface area contributed by atoms with E-state index in [0.717, 1.165) is 16.5 Å². The Labute approximate surface area is 166 Å². The molecule has 0 saturated carbocycles. The molecule has 7 nitrogen and oxygen atoms in total. The molecule has 0 bridgehead atoms. The highest BCUT2D eigenvalue weighted by Gasteiger charge is 2.10. The van der Waals surface area contributed by atoms with Crippen molar-refractivity contribution >= 4 is 28.6 Å². The normalized spacial score (nSPS) is 10.5. The number of hydrogen-bond donors (Lipinski definition) is 3. The lowest BCUT2D eigenvalue weighted by molar-refractivity contribution is -0.130. The summed E-state index contributed by atoms with van der Waals surface area (Å²) in [6.07, 6.45) is 1.71. The van der Waals surface area contributed by atoms with Crippen LogP contribution in [0.3, 0.4) is 0 Å². The van der Waals surface area contributed by atoms with Gasteiger partial charge in [0.15, 0.2) is 0 Å². The fraction of sp³-hybridized carbons (Fsp3) is 0.190. The molecule has 1 aromatic heterocycles. The topological polar surface area (TPSA) is 92.2 Å². The number of benzene rings is 2. The number of para-hydroxylation sites is 1. The van der Waals surface area contributed by atoms with Gasteiger partial charge in [0.1, 0.15) is 12.4 Å². The van der Waals surface area contributed by atoms with Gasteiger partial charge in [0.2, 0.25) is 11.8 Å². The number of amides is 3. The zero-order chi connectivity index (χ0) is 20.6. The van der Waals surface area contributed by atoms with Crippen molar-refractivity contribution in [2.24, 2.45) is 0 Å². The molecule has 0 atom stereocenters. The molecule has 0 aliphatic rings. The molecule has 3 aromatic rings. The number of carbonyl (C=O) groups is 3. The van der Waals surface area contributed by atoms with Crippen LogP contribution in [0.1, 0.15) is 18.4 Å². The van der Waals surface area contributed by atoms with Crippen molar-refractivity contribution in [2.45, 2.75) is 25.9 Å². The summed E-state index contributed by atoms with van der Waals surface area (Å²) in [5.41, 5.74) is 6.33. The number of halogens is 1. The van der Waals surface area contributed by atoms with E-state index in [1.165, 1.54) is 12.1 Å². The van der Waals surface area contributed by atoms with Crippen LogP contribution in [0.15, 0.2) is 60.8 Å². The predicted molar refractivity (Wildman–Crippen MR) is 106 cm³/mol. The molecule has 3 N–H and O–H groups in total. The maximum atomic E-state index is 12.8. The lowest BCUT2D eigenvalue weighted by atomic mass is 10.2. The van der Waals surface area contributed by atoms with Crippen LogP contribution >= 0.6 is 0 Å². The lowest BCUT2D eigenvalue weighted by Gasteiger charge is -2.09. The van der Waals surface area contributed by atoms with Crippen molar-refractivity contribution in [1.29, 1.82) is 0 Å². The van der Waals surface area contributed by atoms with E-state index < -0.39 is 5.91 Å². The maximum Gasteiger partial charge on any atom is 0.258 e. The van der Waals surface area contributed by atoms with Crippen molar-refractivity contribution in [2.75, 3.05) is 0 Å². The number of rotatable bonds is 7. The van der Waals surface area contributed by atoms with E-state index in [1.807, 2.05) is 30.3 Å². The molecule has 3 rings (SSSR count). The Kier molecular flexibility index (Phi) is 6.57. The van der Waals surface area contributed by atoms with Crippen LogP contribution in [0.25, 0.3) is 10.9 Å². The zero-order valence-electron chi connectivity index (χ0n) is 15.7. The second-order valence-corrected chi connectivity index (χ2v) is 6.50. The van der Waals surface area contributed by atoms with E-state index in [-0.39, 0.29) is 43.6 Å². The third-order valence-electron chi connectivity index (χ3n) is 4.32. The molecule has 0 saturated heterocycles. The minimum Gasteiger partial charge on any atom is -0.352 e. The third-order valence-corrected chi connectivity index (χ3v) is 4.32. The van der Waals surface area contributed by atoms with Gasteiger partial charge >= 0.3 is 0 Å². The van der Waals surface area contributed by atoms with Crippen molar-refractivity contribution in [1.82, 2.24) is 20.7 Å². The molecule has 0 fully saturated rings. The highest BCUT2D eigenvalue weighted by atomic mass is 19.1. The van der Waals surface area contributed by atoms with E-state index in [0.29, 0.717) is 0 Å². The molecule has 1 heterocycles. The summed E-state index contributed by atoms with van der Waals surface area (Å²) in [4.78, 5) is 35.7. The lowest BCUT2D eigenvalue weighted by Crippen LogP contribution is -2.43. The minimum atomic E-state index is -0.465. The van der Waals surface area contributed by atoms with Gasteiger partial charge in [-0.1, -0.05) is 30.3 Å². The van der Waals surface area contributed by atoms with Gasteiger partial charge in [-0.15, -0.1) is 0 Å². The van der Waals surface area contributed by atoms with Gasteiger partial charge in [-0.25, -0.2) is 4.39 Å². The Morgan fingerprint density at radius 2 is 1.52 bits per heavy atom. The number of hydrogen-bond acceptors (Lipinski definition) is 3. The fourth-order valence-corrected chi connectivity index (χ4v) is 2.79. The second kappa shape index (κ2) is 9.50. The number of aromatic nitrogens is 1. The van der Waals surface area contributed by atoms with Crippen LogP contribution in [0.5, 0.6) is 0 Å². The standard InChI is InChI=1S/C21H21FN4O3/c22-17-7-5-15(6-8-17)13-23-19(27)9-10-20(28)24-25-21(29)14-26-12-11-16-3-1-2-4-18(16)26/h1-8,11-12H,9-10,13-14H2,(H,23,27)(H,24,28)(H,25,29). The quantitative estimate of drug-likeness (QED) is 0.534. The first kappa shape index (κ1) is 20.1. The van der Waals surface area contributed by atoms with E-state index in [2.05, 4.69) is 16.2 Å². The summed E-state index contributed by atoms with van der Waals surface area (Å²) in [6, 6.07) is 15.4. The molecule has 8 heteroatoms. The van der Waals surface area contributed by atoms with E-state index in [9.17, 15) is 18.8 Å². The summed E-state index contributed by atoms with van der Waals surface area (Å²) in [7, 11) is 0. The molecule has 29 heavy (non-hydrogen) atoms. The molecule has 0 aliphatic heterocycles. The Balaban J connectivity index is 1.35. The van der Waals surface area contributed by atoms with Gasteiger partial charge in [-0.05, 0) is 35.2 Å². The Morgan fingerprint density at radius 1 is 0.828 bits per heavy atom. The van der Waals surface area contributed by atoms with Crippen LogP contribution in [-0.2, 0) is 27.5 Å². The van der Waals surface area contributed by atoms with Crippen LogP contribution in [0, 0.1) is 5.82 Å². The molecule has 0 aliphatic carbocycles. The van der Waals surface area contributed by atoms with Gasteiger partial charge < -0.3 is 9.88 Å². The molecule has 0 spiro atoms. The van der Waals surface area contributed by atoms with Crippen molar-refractivity contribution in [3.8, 4) is 0 Å². The number of nitrogens with zero attached hydrogens (tertiary/aromatic N) is 1. The summed E-state index contributed by atoms with van der Waals surface area (Å²) in [5, 5.41) is 3.68. The maximum absolute atomic E-state index is 12.8. The number of nitrogens with one attached hydrogen (secondary N) is 3. The van der Waals surface area contributed by atoms with Gasteiger partial charge in [0, 0.05) is 31.1 Å². The van der Waals surface area contributed by atoms with Crippen LogP contribution < -0.4 is 16.2 Å². The first-order valence-electron chi connectivity index (χ1n) is 9.14. The Morgan fingerprint density at radius 3 is 2.31 bits per heavy atom. The number of fused-ring (bicyclic) bond motifs is 1. The largest absolute Gasteiger partial charge is 0.352 e. The predicted octanol–water partition coefficient (Wildman–Crippen LogP) is 2.02. The smallest absolute Gasteiger partial charge is 0.258 e. The van der Waals surface area contributed by atoms with E-state index in [4.69, 9.17) is 0 Å². The molecule has 2 aromatic carbocycles. The van der Waals surface area contributed by atoms with E-state index in [1.54, 1.807) is 22.9 Å². The SMILES string of the molecule is O=C(CCC(=O)NNC(=O)Cn1ccc2ccccc21)NCc1ccc(F)cc1. The second-order valence-electron chi connectivity index (χ2n) is 6.50. The van der Waals surface area contributed by atoms with Gasteiger partial charge in [-0.3, -0.25) is 25.2 Å². The number of hydrazine groups is 1. The van der Waals surface area contributed by atoms with E-state index >= 15 is 0 Å². The highest BCUT2D eigenvalue weighted by molar-refractivity contribution is 5.86. The average molecular weight is 396 g/mol. The van der Waals surface area contributed by atoms with Gasteiger partial charge in [-0.2, -0.15) is 0 Å². The van der Waals surface area contributed by atoms with Crippen LogP contribution in [0.4, 0.5) is 4.39 Å². The molecule has 0 radical (unpaired) electrons. The average Bonchev–Trinajstić information content (AvgIpc) is 3.13. The highest BCUT2D eigenvalue weighted by Crippen LogP contribution is 2.14. The first-order valence-corrected chi connectivity index (χ1v) is 9.14. The summed E-state index contributed by atoms with van der Waals surface area (Å²) in [5.74, 6) is -1.49. The monoisotopic (exact) mass is 396 g/mol. The van der Waals surface area contributed by atoms with Crippen molar-refractivity contribution in [3.63, 3.8) is 0 Å². The fourth-order valence-electron chi connectivity index (χ4n) is 2.79. The summed E-state index contributed by atoms with van der Waals surface area (Å²) < 4.78 is 14.6. The molecular formula is C21H21FN4O3. The molecule has 3 amide bonds. The Bertz CT molecular complexity index is 1010.